The van der Waals surface area contributed by atoms with Gasteiger partial charge < -0.3 is 0 Å². The number of carbonyl (C=O) groups excluding carboxylic acids is 1. The maximum Gasteiger partial charge on any atom is 0.291 e. The highest BCUT2D eigenvalue weighted by molar-refractivity contribution is 8.00. The number of thioether (sulfide) groups is 1. The number of hydrogen-bond donors (Lipinski definition) is 0. The van der Waals surface area contributed by atoms with E-state index in [0.717, 1.165) is 0 Å². The van der Waals surface area contributed by atoms with Crippen LogP contribution in [0, 0.1) is 0 Å². The van der Waals surface area contributed by atoms with Crippen molar-refractivity contribution in [2.24, 2.45) is 0 Å². The minimum absolute atomic E-state index is 0.0242. The highest BCUT2D eigenvalue weighted by Gasteiger charge is 2.13. The first kappa shape index (κ1) is 16.5. The minimum atomic E-state index is -0.403. The number of benzene rings is 2. The van der Waals surface area contributed by atoms with Crippen LogP contribution in [0.3, 0.4) is 0 Å². The van der Waals surface area contributed by atoms with Crippen LogP contribution in [0.4, 0.5) is 0 Å². The molecular weight excluding hydrogens is 344 g/mol. The fourth-order valence-corrected chi connectivity index (χ4v) is 3.20. The Kier molecular flexibility index (Phi) is 5.13. The number of nitrogens with zero attached hydrogens (tertiary/aromatic N) is 2. The van der Waals surface area contributed by atoms with Crippen molar-refractivity contribution in [3.05, 3.63) is 87.8 Å². The summed E-state index contributed by atoms with van der Waals surface area (Å²) in [6.07, 6.45) is 1.51. The van der Waals surface area contributed by atoms with Gasteiger partial charge in [-0.2, -0.15) is 9.78 Å². The maximum absolute atomic E-state index is 12.4. The van der Waals surface area contributed by atoms with Crippen LogP contribution < -0.4 is 5.56 Å². The summed E-state index contributed by atoms with van der Waals surface area (Å²) in [5, 5.41) is 4.22. The number of aromatic nitrogens is 2. The number of ketones is 1. The third kappa shape index (κ3) is 3.58. The smallest absolute Gasteiger partial charge is 0.291 e. The quantitative estimate of drug-likeness (QED) is 0.514. The Hall–Kier alpha value is -2.37. The molecule has 0 saturated heterocycles. The number of halogens is 1. The molecule has 0 aliphatic carbocycles. The summed E-state index contributed by atoms with van der Waals surface area (Å²) in [5.41, 5.74) is 0.869. The van der Waals surface area contributed by atoms with Gasteiger partial charge in [0.05, 0.1) is 22.5 Å². The second-order valence-corrected chi connectivity index (χ2v) is 6.35. The van der Waals surface area contributed by atoms with Gasteiger partial charge in [0.2, 0.25) is 0 Å². The molecule has 24 heavy (non-hydrogen) atoms. The molecule has 0 amide bonds. The summed E-state index contributed by atoms with van der Waals surface area (Å²) in [6.45, 7) is 0. The van der Waals surface area contributed by atoms with Crippen molar-refractivity contribution in [1.29, 1.82) is 0 Å². The third-order valence-corrected chi connectivity index (χ3v) is 4.85. The average molecular weight is 357 g/mol. The molecule has 2 aromatic carbocycles. The standard InChI is InChI=1S/C18H13ClN2O2S/c19-17-16(24-12-15(22)13-7-3-1-4-8-13)11-20-21(18(17)23)14-9-5-2-6-10-14/h1-11H,12H2. The van der Waals surface area contributed by atoms with Crippen molar-refractivity contribution in [2.75, 3.05) is 5.75 Å². The molecule has 0 fully saturated rings. The normalized spacial score (nSPS) is 10.5. The van der Waals surface area contributed by atoms with Crippen LogP contribution in [0.15, 0.2) is 76.6 Å². The second kappa shape index (κ2) is 7.47. The molecule has 6 heteroatoms. The molecule has 0 saturated carbocycles. The summed E-state index contributed by atoms with van der Waals surface area (Å²) in [4.78, 5) is 25.0. The van der Waals surface area contributed by atoms with E-state index in [4.69, 9.17) is 11.6 Å². The van der Waals surface area contributed by atoms with Gasteiger partial charge in [0.25, 0.3) is 5.56 Å². The van der Waals surface area contributed by atoms with Gasteiger partial charge in [0.15, 0.2) is 5.78 Å². The summed E-state index contributed by atoms with van der Waals surface area (Å²) in [5.74, 6) is 0.170. The van der Waals surface area contributed by atoms with Crippen molar-refractivity contribution in [3.63, 3.8) is 0 Å². The molecule has 0 unspecified atom stereocenters. The minimum Gasteiger partial charge on any atom is -0.293 e. The zero-order valence-corrected chi connectivity index (χ0v) is 14.1. The highest BCUT2D eigenvalue weighted by Crippen LogP contribution is 2.24. The lowest BCUT2D eigenvalue weighted by Crippen LogP contribution is -2.21. The van der Waals surface area contributed by atoms with E-state index >= 15 is 0 Å². The summed E-state index contributed by atoms with van der Waals surface area (Å²) in [6, 6.07) is 18.0. The molecule has 0 radical (unpaired) electrons. The van der Waals surface area contributed by atoms with E-state index in [1.54, 1.807) is 24.3 Å². The molecule has 3 aromatic rings. The van der Waals surface area contributed by atoms with Gasteiger partial charge in [-0.05, 0) is 12.1 Å². The van der Waals surface area contributed by atoms with Gasteiger partial charge in [0, 0.05) is 5.56 Å². The molecule has 0 spiro atoms. The monoisotopic (exact) mass is 356 g/mol. The first-order valence-corrected chi connectivity index (χ1v) is 8.57. The first-order valence-electron chi connectivity index (χ1n) is 7.21. The van der Waals surface area contributed by atoms with Gasteiger partial charge in [-0.15, -0.1) is 11.8 Å². The molecule has 120 valence electrons. The topological polar surface area (TPSA) is 52.0 Å². The number of para-hydroxylation sites is 1. The van der Waals surface area contributed by atoms with Crippen molar-refractivity contribution in [1.82, 2.24) is 9.78 Å². The van der Waals surface area contributed by atoms with Gasteiger partial charge in [0.1, 0.15) is 5.02 Å². The maximum atomic E-state index is 12.4. The van der Waals surface area contributed by atoms with E-state index in [1.165, 1.54) is 22.6 Å². The van der Waals surface area contributed by atoms with Crippen LogP contribution in [-0.2, 0) is 0 Å². The number of hydrogen-bond acceptors (Lipinski definition) is 4. The lowest BCUT2D eigenvalue weighted by molar-refractivity contribution is 0.102. The number of rotatable bonds is 5. The molecule has 4 nitrogen and oxygen atoms in total. The first-order chi connectivity index (χ1) is 11.7. The van der Waals surface area contributed by atoms with Crippen LogP contribution in [0.1, 0.15) is 10.4 Å². The molecule has 0 N–H and O–H groups in total. The van der Waals surface area contributed by atoms with Crippen LogP contribution in [-0.4, -0.2) is 21.3 Å². The Balaban J connectivity index is 1.79. The number of Topliss-reactive ketones (excluding diaryl/α,β-unsaturated/α-hetero) is 1. The predicted molar refractivity (Wildman–Crippen MR) is 96.3 cm³/mol. The van der Waals surface area contributed by atoms with Crippen LogP contribution in [0.5, 0.6) is 0 Å². The molecule has 3 rings (SSSR count). The van der Waals surface area contributed by atoms with E-state index < -0.39 is 5.56 Å². The highest BCUT2D eigenvalue weighted by atomic mass is 35.5. The van der Waals surface area contributed by atoms with Crippen LogP contribution in [0.25, 0.3) is 5.69 Å². The Bertz CT molecular complexity index is 911. The van der Waals surface area contributed by atoms with Gasteiger partial charge in [-0.25, -0.2) is 0 Å². The molecular formula is C18H13ClN2O2S. The zero-order valence-electron chi connectivity index (χ0n) is 12.6. The average Bonchev–Trinajstić information content (AvgIpc) is 2.64. The Morgan fingerprint density at radius 2 is 1.67 bits per heavy atom. The lowest BCUT2D eigenvalue weighted by atomic mass is 10.2. The van der Waals surface area contributed by atoms with Gasteiger partial charge in [-0.1, -0.05) is 60.1 Å². The van der Waals surface area contributed by atoms with Gasteiger partial charge in [-0.3, -0.25) is 9.59 Å². The van der Waals surface area contributed by atoms with Crippen LogP contribution >= 0.6 is 23.4 Å². The SMILES string of the molecule is O=C(CSc1cnn(-c2ccccc2)c(=O)c1Cl)c1ccccc1. The van der Waals surface area contributed by atoms with Crippen molar-refractivity contribution in [3.8, 4) is 5.69 Å². The van der Waals surface area contributed by atoms with E-state index in [2.05, 4.69) is 5.10 Å². The summed E-state index contributed by atoms with van der Waals surface area (Å²) >= 11 is 7.38. The fourth-order valence-electron chi connectivity index (χ4n) is 2.12. The van der Waals surface area contributed by atoms with Crippen molar-refractivity contribution in [2.45, 2.75) is 4.90 Å². The van der Waals surface area contributed by atoms with Crippen molar-refractivity contribution < 1.29 is 4.79 Å². The third-order valence-electron chi connectivity index (χ3n) is 3.34. The predicted octanol–water partition coefficient (Wildman–Crippen LogP) is 3.86. The summed E-state index contributed by atoms with van der Waals surface area (Å²) < 4.78 is 1.24. The molecule has 1 heterocycles. The second-order valence-electron chi connectivity index (χ2n) is 4.95. The Morgan fingerprint density at radius 3 is 2.33 bits per heavy atom. The fraction of sp³-hybridized carbons (Fsp3) is 0.0556. The Morgan fingerprint density at radius 1 is 1.04 bits per heavy atom. The van der Waals surface area contributed by atoms with E-state index in [9.17, 15) is 9.59 Å². The lowest BCUT2D eigenvalue weighted by Gasteiger charge is -2.07. The molecule has 0 atom stereocenters. The number of carbonyl (C=O) groups is 1. The molecule has 0 aliphatic rings. The molecule has 0 aliphatic heterocycles. The van der Waals surface area contributed by atoms with Gasteiger partial charge >= 0.3 is 0 Å². The van der Waals surface area contributed by atoms with Crippen molar-refractivity contribution >= 4 is 29.1 Å². The van der Waals surface area contributed by atoms with Crippen LogP contribution in [0.2, 0.25) is 5.02 Å². The summed E-state index contributed by atoms with van der Waals surface area (Å²) in [7, 11) is 0. The molecule has 1 aromatic heterocycles. The van der Waals surface area contributed by atoms with E-state index in [0.29, 0.717) is 16.1 Å². The van der Waals surface area contributed by atoms with E-state index in [-0.39, 0.29) is 16.6 Å². The largest absolute Gasteiger partial charge is 0.293 e. The molecule has 0 bridgehead atoms. The zero-order chi connectivity index (χ0) is 16.9. The Labute approximate surface area is 148 Å². The van der Waals surface area contributed by atoms with E-state index in [1.807, 2.05) is 36.4 Å².